The molecule has 4 rings (SSSR count). The number of aryl methyl sites for hydroxylation is 2. The van der Waals surface area contributed by atoms with Gasteiger partial charge in [0.1, 0.15) is 10.6 Å². The summed E-state index contributed by atoms with van der Waals surface area (Å²) in [7, 11) is -3.68. The van der Waals surface area contributed by atoms with Gasteiger partial charge in [0.15, 0.2) is 17.3 Å². The molecule has 32 heavy (non-hydrogen) atoms. The normalized spacial score (nSPS) is 17.5. The fourth-order valence-electron chi connectivity index (χ4n) is 4.20. The number of hydrogen-bond acceptors (Lipinski definition) is 7. The van der Waals surface area contributed by atoms with Crippen LogP contribution in [0.2, 0.25) is 0 Å². The van der Waals surface area contributed by atoms with Crippen molar-refractivity contribution in [2.24, 2.45) is 5.92 Å². The number of fused-ring (bicyclic) bond motifs is 1. The number of nitrogens with zero attached hydrogens (tertiary/aromatic N) is 2. The smallest absolute Gasteiger partial charge is 0.248 e. The summed E-state index contributed by atoms with van der Waals surface area (Å²) < 4.78 is 43.2. The van der Waals surface area contributed by atoms with E-state index in [2.05, 4.69) is 24.3 Å². The molecule has 0 spiro atoms. The maximum Gasteiger partial charge on any atom is 0.248 e. The summed E-state index contributed by atoms with van der Waals surface area (Å²) in [6.07, 6.45) is 0.942. The van der Waals surface area contributed by atoms with Crippen LogP contribution in [0.3, 0.4) is 0 Å². The fraction of sp³-hybridized carbons (Fsp3) is 0.545. The predicted octanol–water partition coefficient (Wildman–Crippen LogP) is 2.51. The lowest BCUT2D eigenvalue weighted by atomic mass is 9.84. The first-order valence-corrected chi connectivity index (χ1v) is 12.1. The van der Waals surface area contributed by atoms with Gasteiger partial charge in [-0.1, -0.05) is 25.1 Å². The minimum Gasteiger partial charge on any atom is -0.454 e. The van der Waals surface area contributed by atoms with E-state index in [0.717, 1.165) is 11.3 Å². The van der Waals surface area contributed by atoms with Crippen LogP contribution in [0.1, 0.15) is 43.7 Å². The van der Waals surface area contributed by atoms with E-state index in [-0.39, 0.29) is 47.8 Å². The Kier molecular flexibility index (Phi) is 5.93. The maximum atomic E-state index is 13.0. The highest BCUT2D eigenvalue weighted by Gasteiger charge is 2.36. The number of carbonyl (C=O) groups is 1. The predicted molar refractivity (Wildman–Crippen MR) is 116 cm³/mol. The summed E-state index contributed by atoms with van der Waals surface area (Å²) in [6.45, 7) is 8.59. The van der Waals surface area contributed by atoms with Crippen molar-refractivity contribution < 1.29 is 27.2 Å². The highest BCUT2D eigenvalue weighted by Crippen LogP contribution is 2.36. The number of rotatable bonds is 6. The molecule has 2 aliphatic rings. The molecule has 0 aliphatic carbocycles. The van der Waals surface area contributed by atoms with Crippen LogP contribution in [0.15, 0.2) is 27.6 Å². The van der Waals surface area contributed by atoms with Crippen LogP contribution in [0, 0.1) is 19.8 Å². The van der Waals surface area contributed by atoms with Gasteiger partial charge in [-0.3, -0.25) is 4.79 Å². The monoisotopic (exact) mass is 463 g/mol. The van der Waals surface area contributed by atoms with Crippen molar-refractivity contribution in [3.8, 4) is 11.5 Å². The Balaban J connectivity index is 1.34. The third-order valence-corrected chi connectivity index (χ3v) is 8.39. The minimum atomic E-state index is -3.68. The van der Waals surface area contributed by atoms with Crippen molar-refractivity contribution in [1.29, 1.82) is 0 Å². The van der Waals surface area contributed by atoms with Crippen molar-refractivity contribution in [2.45, 2.75) is 50.8 Å². The SMILES string of the molecule is Cc1noc(C)c1S(=O)(=O)N1CCC(C(=O)NCC(C)(C)c2ccc3c(c2)OCO3)CC1. The van der Waals surface area contributed by atoms with E-state index in [0.29, 0.717) is 30.8 Å². The lowest BCUT2D eigenvalue weighted by Crippen LogP contribution is -2.45. The molecule has 9 nitrogen and oxygen atoms in total. The van der Waals surface area contributed by atoms with Crippen molar-refractivity contribution in [3.05, 3.63) is 35.2 Å². The van der Waals surface area contributed by atoms with Crippen LogP contribution >= 0.6 is 0 Å². The van der Waals surface area contributed by atoms with Crippen LogP contribution in [0.25, 0.3) is 0 Å². The van der Waals surface area contributed by atoms with E-state index in [1.54, 1.807) is 13.8 Å². The number of hydrogen-bond donors (Lipinski definition) is 1. The first-order valence-electron chi connectivity index (χ1n) is 10.7. The maximum absolute atomic E-state index is 13.0. The quantitative estimate of drug-likeness (QED) is 0.701. The fourth-order valence-corrected chi connectivity index (χ4v) is 5.96. The highest BCUT2D eigenvalue weighted by molar-refractivity contribution is 7.89. The number of nitrogens with one attached hydrogen (secondary N) is 1. The molecular weight excluding hydrogens is 434 g/mol. The molecule has 1 N–H and O–H groups in total. The molecule has 0 bridgehead atoms. The van der Waals surface area contributed by atoms with E-state index in [1.165, 1.54) is 4.31 Å². The van der Waals surface area contributed by atoms with Gasteiger partial charge in [-0.05, 0) is 44.4 Å². The Hall–Kier alpha value is -2.59. The topological polar surface area (TPSA) is 111 Å². The Labute approximate surface area is 188 Å². The van der Waals surface area contributed by atoms with Gasteiger partial charge in [-0.15, -0.1) is 0 Å². The number of piperidine rings is 1. The second kappa shape index (κ2) is 8.40. The average Bonchev–Trinajstić information content (AvgIpc) is 3.37. The third kappa shape index (κ3) is 4.21. The number of carbonyl (C=O) groups excluding carboxylic acids is 1. The minimum absolute atomic E-state index is 0.0480. The molecule has 0 radical (unpaired) electrons. The summed E-state index contributed by atoms with van der Waals surface area (Å²) in [5.41, 5.74) is 1.10. The lowest BCUT2D eigenvalue weighted by Gasteiger charge is -2.32. The van der Waals surface area contributed by atoms with Crippen LogP contribution < -0.4 is 14.8 Å². The number of sulfonamides is 1. The summed E-state index contributed by atoms with van der Waals surface area (Å²) >= 11 is 0. The zero-order chi connectivity index (χ0) is 23.1. The van der Waals surface area contributed by atoms with Crippen molar-refractivity contribution in [1.82, 2.24) is 14.8 Å². The van der Waals surface area contributed by atoms with E-state index in [4.69, 9.17) is 14.0 Å². The largest absolute Gasteiger partial charge is 0.454 e. The summed E-state index contributed by atoms with van der Waals surface area (Å²) in [6, 6.07) is 5.82. The van der Waals surface area contributed by atoms with Gasteiger partial charge in [-0.25, -0.2) is 8.42 Å². The Morgan fingerprint density at radius 2 is 1.88 bits per heavy atom. The second-order valence-corrected chi connectivity index (χ2v) is 10.9. The Bertz CT molecular complexity index is 1100. The summed E-state index contributed by atoms with van der Waals surface area (Å²) in [4.78, 5) is 12.9. The second-order valence-electron chi connectivity index (χ2n) is 9.00. The van der Waals surface area contributed by atoms with E-state index in [1.807, 2.05) is 18.2 Å². The standard InChI is InChI=1S/C22H29N3O6S/c1-14-20(15(2)31-24-14)32(27,28)25-9-7-16(8-10-25)21(26)23-12-22(3,4)17-5-6-18-19(11-17)30-13-29-18/h5-6,11,16H,7-10,12-13H2,1-4H3,(H,23,26). The van der Waals surface area contributed by atoms with Crippen LogP contribution in [0.4, 0.5) is 0 Å². The molecule has 1 saturated heterocycles. The molecule has 0 saturated carbocycles. The number of amides is 1. The molecule has 174 valence electrons. The van der Waals surface area contributed by atoms with Crippen LogP contribution in [0.5, 0.6) is 11.5 Å². The van der Waals surface area contributed by atoms with Gasteiger partial charge in [0.25, 0.3) is 0 Å². The van der Waals surface area contributed by atoms with E-state index < -0.39 is 10.0 Å². The van der Waals surface area contributed by atoms with Gasteiger partial charge in [0.05, 0.1) is 0 Å². The Morgan fingerprint density at radius 3 is 2.53 bits per heavy atom. The molecule has 2 aliphatic heterocycles. The zero-order valence-corrected chi connectivity index (χ0v) is 19.6. The van der Waals surface area contributed by atoms with Gasteiger partial charge in [-0.2, -0.15) is 4.31 Å². The van der Waals surface area contributed by atoms with Crippen molar-refractivity contribution in [3.63, 3.8) is 0 Å². The summed E-state index contributed by atoms with van der Waals surface area (Å²) in [5.74, 6) is 1.46. The molecule has 1 aromatic carbocycles. The number of ether oxygens (including phenoxy) is 2. The highest BCUT2D eigenvalue weighted by atomic mass is 32.2. The third-order valence-electron chi connectivity index (χ3n) is 6.25. The average molecular weight is 464 g/mol. The first kappa shape index (κ1) is 22.6. The molecule has 10 heteroatoms. The zero-order valence-electron chi connectivity index (χ0n) is 18.8. The van der Waals surface area contributed by atoms with Crippen molar-refractivity contribution >= 4 is 15.9 Å². The number of aromatic nitrogens is 1. The molecule has 2 aromatic rings. The Morgan fingerprint density at radius 1 is 1.19 bits per heavy atom. The van der Waals surface area contributed by atoms with Gasteiger partial charge >= 0.3 is 0 Å². The lowest BCUT2D eigenvalue weighted by molar-refractivity contribution is -0.126. The van der Waals surface area contributed by atoms with Crippen molar-refractivity contribution in [2.75, 3.05) is 26.4 Å². The molecular formula is C22H29N3O6S. The molecule has 1 amide bonds. The molecule has 1 aromatic heterocycles. The van der Waals surface area contributed by atoms with Crippen LogP contribution in [-0.4, -0.2) is 50.2 Å². The molecule has 1 fully saturated rings. The first-order chi connectivity index (χ1) is 15.1. The molecule has 0 unspecified atom stereocenters. The summed E-state index contributed by atoms with van der Waals surface area (Å²) in [5, 5.41) is 6.81. The van der Waals surface area contributed by atoms with Crippen LogP contribution in [-0.2, 0) is 20.2 Å². The molecule has 0 atom stereocenters. The number of benzene rings is 1. The van der Waals surface area contributed by atoms with Gasteiger partial charge in [0.2, 0.25) is 22.7 Å². The molecule has 3 heterocycles. The van der Waals surface area contributed by atoms with E-state index >= 15 is 0 Å². The van der Waals surface area contributed by atoms with E-state index in [9.17, 15) is 13.2 Å². The van der Waals surface area contributed by atoms with Gasteiger partial charge in [0, 0.05) is 31.0 Å². The van der Waals surface area contributed by atoms with Gasteiger partial charge < -0.3 is 19.3 Å².